The molecule has 0 aliphatic carbocycles. The fraction of sp³-hybridized carbons (Fsp3) is 0.692. The monoisotopic (exact) mass is 361 g/mol. The van der Waals surface area contributed by atoms with Gasteiger partial charge in [0.1, 0.15) is 0 Å². The minimum Gasteiger partial charge on any atom is -0.293 e. The van der Waals surface area contributed by atoms with Gasteiger partial charge in [0.2, 0.25) is 0 Å². The molecule has 0 amide bonds. The van der Waals surface area contributed by atoms with Gasteiger partial charge in [-0.2, -0.15) is 0 Å². The molecule has 1 heterocycles. The number of nitro groups is 1. The first-order valence-corrected chi connectivity index (χ1v) is 8.12. The molecule has 21 heavy (non-hydrogen) atoms. The summed E-state index contributed by atoms with van der Waals surface area (Å²) in [6.45, 7) is 4.43. The molecule has 0 saturated heterocycles. The molecule has 0 aliphatic rings. The van der Waals surface area contributed by atoms with Crippen LogP contribution in [0.5, 0.6) is 0 Å². The maximum absolute atomic E-state index is 12.3. The molecule has 1 aromatic rings. The van der Waals surface area contributed by atoms with Gasteiger partial charge in [-0.15, -0.1) is 0 Å². The van der Waals surface area contributed by atoms with E-state index in [-0.39, 0.29) is 12.5 Å². The summed E-state index contributed by atoms with van der Waals surface area (Å²) in [6, 6.07) is 0. The predicted octanol–water partition coefficient (Wildman–Crippen LogP) is 2.14. The van der Waals surface area contributed by atoms with Crippen molar-refractivity contribution in [2.45, 2.75) is 46.2 Å². The van der Waals surface area contributed by atoms with Crippen LogP contribution in [0.2, 0.25) is 0 Å². The zero-order valence-corrected chi connectivity index (χ0v) is 13.8. The van der Waals surface area contributed by atoms with Crippen LogP contribution in [-0.2, 0) is 13.1 Å². The van der Waals surface area contributed by atoms with Crippen LogP contribution in [0, 0.1) is 16.0 Å². The van der Waals surface area contributed by atoms with Gasteiger partial charge in [0.05, 0.1) is 11.1 Å². The van der Waals surface area contributed by atoms with Crippen LogP contribution in [-0.4, -0.2) is 19.4 Å². The lowest BCUT2D eigenvalue weighted by atomic mass is 10.1. The molecule has 0 spiro atoms. The second kappa shape index (κ2) is 8.11. The molecule has 0 saturated carbocycles. The Bertz CT molecular complexity index is 608. The number of rotatable bonds is 8. The maximum atomic E-state index is 12.3. The van der Waals surface area contributed by atoms with Gasteiger partial charge in [-0.25, -0.2) is 4.79 Å². The van der Waals surface area contributed by atoms with Crippen molar-refractivity contribution in [2.24, 2.45) is 5.92 Å². The molecule has 1 atom stereocenters. The van der Waals surface area contributed by atoms with Gasteiger partial charge in [0.15, 0.2) is 0 Å². The zero-order chi connectivity index (χ0) is 16.0. The SMILES string of the molecule is CCCC(CBr)Cn1c(=O)c([N+](=O)[O-])cn(CCC)c1=O. The lowest BCUT2D eigenvalue weighted by Gasteiger charge is -2.15. The lowest BCUT2D eigenvalue weighted by Crippen LogP contribution is -2.42. The highest BCUT2D eigenvalue weighted by Crippen LogP contribution is 2.11. The maximum Gasteiger partial charge on any atom is 0.350 e. The van der Waals surface area contributed by atoms with E-state index in [1.807, 2.05) is 13.8 Å². The van der Waals surface area contributed by atoms with E-state index in [2.05, 4.69) is 15.9 Å². The Morgan fingerprint density at radius 3 is 2.48 bits per heavy atom. The lowest BCUT2D eigenvalue weighted by molar-refractivity contribution is -0.387. The van der Waals surface area contributed by atoms with Crippen molar-refractivity contribution in [1.82, 2.24) is 9.13 Å². The van der Waals surface area contributed by atoms with Crippen LogP contribution in [0.4, 0.5) is 5.69 Å². The highest BCUT2D eigenvalue weighted by molar-refractivity contribution is 9.09. The van der Waals surface area contributed by atoms with Crippen LogP contribution >= 0.6 is 15.9 Å². The second-order valence-electron chi connectivity index (χ2n) is 4.97. The Balaban J connectivity index is 3.37. The summed E-state index contributed by atoms with van der Waals surface area (Å²) in [7, 11) is 0. The van der Waals surface area contributed by atoms with Gasteiger partial charge in [-0.3, -0.25) is 24.0 Å². The summed E-state index contributed by atoms with van der Waals surface area (Å²) in [6.07, 6.45) is 3.47. The summed E-state index contributed by atoms with van der Waals surface area (Å²) in [5, 5.41) is 11.6. The first-order chi connectivity index (χ1) is 9.96. The fourth-order valence-corrected chi connectivity index (χ4v) is 2.74. The summed E-state index contributed by atoms with van der Waals surface area (Å²) < 4.78 is 2.24. The molecule has 1 rings (SSSR count). The Morgan fingerprint density at radius 2 is 2.00 bits per heavy atom. The fourth-order valence-electron chi connectivity index (χ4n) is 2.21. The second-order valence-corrected chi connectivity index (χ2v) is 5.62. The quantitative estimate of drug-likeness (QED) is 0.403. The van der Waals surface area contributed by atoms with Gasteiger partial charge < -0.3 is 0 Å². The van der Waals surface area contributed by atoms with Crippen molar-refractivity contribution in [3.8, 4) is 0 Å². The minimum absolute atomic E-state index is 0.0949. The summed E-state index contributed by atoms with van der Waals surface area (Å²) in [5.41, 5.74) is -1.85. The van der Waals surface area contributed by atoms with Gasteiger partial charge in [-0.1, -0.05) is 36.2 Å². The molecule has 7 nitrogen and oxygen atoms in total. The van der Waals surface area contributed by atoms with Crippen LogP contribution in [0.15, 0.2) is 15.8 Å². The largest absolute Gasteiger partial charge is 0.350 e. The van der Waals surface area contributed by atoms with Gasteiger partial charge in [0.25, 0.3) is 0 Å². The topological polar surface area (TPSA) is 87.1 Å². The highest BCUT2D eigenvalue weighted by Gasteiger charge is 2.21. The van der Waals surface area contributed by atoms with E-state index in [1.165, 1.54) is 4.57 Å². The van der Waals surface area contributed by atoms with E-state index in [1.54, 1.807) is 0 Å². The van der Waals surface area contributed by atoms with Gasteiger partial charge >= 0.3 is 16.9 Å². The molecule has 0 aromatic carbocycles. The molecule has 0 radical (unpaired) electrons. The van der Waals surface area contributed by atoms with Crippen molar-refractivity contribution >= 4 is 21.6 Å². The Labute approximate surface area is 130 Å². The van der Waals surface area contributed by atoms with Crippen LogP contribution in [0.1, 0.15) is 33.1 Å². The van der Waals surface area contributed by atoms with Gasteiger partial charge in [-0.05, 0) is 18.8 Å². The standard InChI is InChI=1S/C13H20BrN3O4/c1-3-5-10(7-14)8-16-12(18)11(17(20)21)9-15(6-4-2)13(16)19/h9-10H,3-8H2,1-2H3. The normalized spacial score (nSPS) is 12.3. The average Bonchev–Trinajstić information content (AvgIpc) is 2.44. The molecular weight excluding hydrogens is 342 g/mol. The molecule has 1 aromatic heterocycles. The first kappa shape index (κ1) is 17.6. The van der Waals surface area contributed by atoms with E-state index in [9.17, 15) is 19.7 Å². The zero-order valence-electron chi connectivity index (χ0n) is 12.2. The molecule has 0 fully saturated rings. The number of alkyl halides is 1. The molecule has 0 N–H and O–H groups in total. The Hall–Kier alpha value is -1.44. The summed E-state index contributed by atoms with van der Waals surface area (Å²) in [4.78, 5) is 34.7. The number of aryl methyl sites for hydroxylation is 1. The predicted molar refractivity (Wildman–Crippen MR) is 84.1 cm³/mol. The van der Waals surface area contributed by atoms with E-state index >= 15 is 0 Å². The van der Waals surface area contributed by atoms with Gasteiger partial charge in [0, 0.05) is 18.4 Å². The van der Waals surface area contributed by atoms with E-state index in [4.69, 9.17) is 0 Å². The van der Waals surface area contributed by atoms with Crippen molar-refractivity contribution in [3.63, 3.8) is 0 Å². The van der Waals surface area contributed by atoms with E-state index in [0.29, 0.717) is 18.3 Å². The number of aromatic nitrogens is 2. The third-order valence-corrected chi connectivity index (χ3v) is 4.15. The molecule has 118 valence electrons. The molecular formula is C13H20BrN3O4. The summed E-state index contributed by atoms with van der Waals surface area (Å²) in [5.74, 6) is 0.0949. The number of halogens is 1. The Kier molecular flexibility index (Phi) is 6.80. The van der Waals surface area contributed by atoms with E-state index in [0.717, 1.165) is 23.6 Å². The highest BCUT2D eigenvalue weighted by atomic mass is 79.9. The minimum atomic E-state index is -0.820. The average molecular weight is 362 g/mol. The molecule has 1 unspecified atom stereocenters. The van der Waals surface area contributed by atoms with Crippen LogP contribution < -0.4 is 11.2 Å². The van der Waals surface area contributed by atoms with Crippen molar-refractivity contribution in [1.29, 1.82) is 0 Å². The van der Waals surface area contributed by atoms with Crippen molar-refractivity contribution in [3.05, 3.63) is 37.1 Å². The van der Waals surface area contributed by atoms with Crippen molar-refractivity contribution < 1.29 is 4.92 Å². The third-order valence-electron chi connectivity index (χ3n) is 3.24. The number of hydrogen-bond donors (Lipinski definition) is 0. The molecule has 8 heteroatoms. The smallest absolute Gasteiger partial charge is 0.293 e. The first-order valence-electron chi connectivity index (χ1n) is 7.00. The van der Waals surface area contributed by atoms with Crippen LogP contribution in [0.3, 0.4) is 0 Å². The Morgan fingerprint density at radius 1 is 1.33 bits per heavy atom. The number of nitrogens with zero attached hydrogens (tertiary/aromatic N) is 3. The molecule has 0 aliphatic heterocycles. The van der Waals surface area contributed by atoms with Crippen molar-refractivity contribution in [2.75, 3.05) is 5.33 Å². The van der Waals surface area contributed by atoms with E-state index < -0.39 is 21.9 Å². The van der Waals surface area contributed by atoms with Crippen LogP contribution in [0.25, 0.3) is 0 Å². The number of hydrogen-bond acceptors (Lipinski definition) is 4. The molecule has 0 bridgehead atoms. The summed E-state index contributed by atoms with van der Waals surface area (Å²) >= 11 is 3.36. The third kappa shape index (κ3) is 4.26.